The lowest BCUT2D eigenvalue weighted by atomic mass is 9.83. The molecule has 4 saturated heterocycles. The van der Waals surface area contributed by atoms with E-state index in [0.717, 1.165) is 190 Å². The predicted octanol–water partition coefficient (Wildman–Crippen LogP) is 17.8. The Balaban J connectivity index is 0.000000160. The van der Waals surface area contributed by atoms with Crippen molar-refractivity contribution in [2.45, 2.75) is 367 Å². The van der Waals surface area contributed by atoms with E-state index < -0.39 is 57.4 Å². The second-order valence-corrected chi connectivity index (χ2v) is 47.3. The normalized spacial score (nSPS) is 21.7. The van der Waals surface area contributed by atoms with Crippen LogP contribution in [0.4, 0.5) is 32.1 Å². The van der Waals surface area contributed by atoms with Gasteiger partial charge >= 0.3 is 0 Å². The molecule has 8 aliphatic rings. The summed E-state index contributed by atoms with van der Waals surface area (Å²) in [6, 6.07) is 8.54. The quantitative estimate of drug-likeness (QED) is 0.0217. The number of piperidine rings is 1. The van der Waals surface area contributed by atoms with Crippen molar-refractivity contribution in [2.75, 3.05) is 73.6 Å². The zero-order valence-electron chi connectivity index (χ0n) is 86.4. The fourth-order valence-corrected chi connectivity index (χ4v) is 23.8. The van der Waals surface area contributed by atoms with Crippen LogP contribution in [0.15, 0.2) is 49.1 Å². The standard InChI is InChI=1S/2C27H38FN5O3S.C26H37N5O3S.C25H35N5O3S/c2*1-16-13-20(31-19-10-6-7-11-27(19,5)28)29-14-18(16)22-21(25(35)33-12-8-9-17(33)2)32-24(37-22)23(34)30-15-26(3,4)36;1-16-13-20(29-18-10-5-6-11-18)27-14-19(16)22-21(25(33)31-12-8-7-9-17(31)2)30-24(35-22)23(32)28-15-26(3,4)34;1-15-12-19(28-17-9-5-6-10-17)26-13-18(15)21-20(24(32)30-11-7-8-16(30)2)29-23(34-21)22(31)27-14-25(3,4)33/h2*13-14,17,19,36H,6-12,15H2,1-5H3,(H,29,31)(H,30,34);13-14,17-18,34H,5-12,15H2,1-4H3,(H,27,29)(H,28,32);12-13,16-17,33H,5-11,14H2,1-4H3,(H,26,28)(H,27,31)/t17-,19+,27?;17-,19-,27?;17-;16-/m0000/s1. The zero-order chi connectivity index (χ0) is 104. The number of pyridine rings is 4. The van der Waals surface area contributed by atoms with Crippen LogP contribution >= 0.6 is 45.3 Å². The molecule has 8 fully saturated rings. The van der Waals surface area contributed by atoms with Gasteiger partial charge in [-0.1, -0.05) is 51.4 Å². The molecule has 8 aromatic rings. The number of rotatable bonds is 28. The molecule has 16 rings (SSSR count). The molecule has 778 valence electrons. The van der Waals surface area contributed by atoms with Crippen LogP contribution in [0.3, 0.4) is 0 Å². The van der Waals surface area contributed by atoms with Gasteiger partial charge in [0.1, 0.15) is 57.4 Å². The Morgan fingerprint density at radius 3 is 0.783 bits per heavy atom. The number of aliphatic hydroxyl groups is 4. The largest absolute Gasteiger partial charge is 0.389 e. The Kier molecular flexibility index (Phi) is 36.2. The summed E-state index contributed by atoms with van der Waals surface area (Å²) in [6.07, 6.45) is 31.5. The van der Waals surface area contributed by atoms with Gasteiger partial charge in [-0.05, 0) is 280 Å². The minimum absolute atomic E-state index is 0.0583. The molecule has 4 aliphatic heterocycles. The van der Waals surface area contributed by atoms with Gasteiger partial charge in [0.2, 0.25) is 0 Å². The Labute approximate surface area is 855 Å². The van der Waals surface area contributed by atoms with Crippen LogP contribution in [-0.2, 0) is 0 Å². The molecule has 0 bridgehead atoms. The molecule has 12 heterocycles. The summed E-state index contributed by atoms with van der Waals surface area (Å²) in [5.41, 5.74) is 0.986. The number of aryl methyl sites for hydroxylation is 4. The van der Waals surface area contributed by atoms with Crippen molar-refractivity contribution in [2.24, 2.45) is 0 Å². The topological polar surface area (TPSA) is 430 Å². The van der Waals surface area contributed by atoms with Gasteiger partial charge in [0.05, 0.1) is 54.0 Å². The van der Waals surface area contributed by atoms with Gasteiger partial charge in [-0.25, -0.2) is 48.7 Å². The van der Waals surface area contributed by atoms with Crippen molar-refractivity contribution in [3.05, 3.63) is 114 Å². The number of halogens is 2. The maximum absolute atomic E-state index is 15.0. The molecule has 38 heteroatoms. The molecule has 0 spiro atoms. The molecule has 8 atom stereocenters. The van der Waals surface area contributed by atoms with E-state index >= 15 is 8.78 Å². The highest BCUT2D eigenvalue weighted by Gasteiger charge is 2.42. The molecule has 143 heavy (non-hydrogen) atoms. The molecule has 0 aromatic carbocycles. The minimum atomic E-state index is -1.29. The van der Waals surface area contributed by atoms with Crippen LogP contribution in [0.5, 0.6) is 0 Å². The SMILES string of the molecule is Cc1cc(NC2CCCC2)ncc1-c1sc(C(=O)NCC(C)(C)O)nc1C(=O)N1CCCC[C@@H]1C.Cc1cc(NC2CCCC2)ncc1-c1sc(C(=O)NCC(C)(C)O)nc1C(=O)N1CCC[C@@H]1C.Cc1cc(N[C@@H]2CCCCC2(C)F)ncc1-c1sc(C(=O)NCC(C)(C)O)nc1C(=O)N1CCC[C@@H]1C.Cc1cc(N[C@H]2CCCCC2(C)F)ncc1-c1sc(C(=O)NCC(C)(C)O)nc1C(=O)N1CCC[C@@H]1C. The number of carbonyl (C=O) groups is 8. The number of hydrogen-bond acceptors (Lipinski definition) is 28. The summed E-state index contributed by atoms with van der Waals surface area (Å²) in [6.45, 7) is 35.2. The number of nitrogens with zero attached hydrogens (tertiary/aromatic N) is 12. The highest BCUT2D eigenvalue weighted by atomic mass is 32.1. The molecular weight excluding hydrogens is 1900 g/mol. The van der Waals surface area contributed by atoms with E-state index in [9.17, 15) is 58.8 Å². The second kappa shape index (κ2) is 47.1. The zero-order valence-corrected chi connectivity index (χ0v) is 89.6. The molecule has 8 amide bonds. The van der Waals surface area contributed by atoms with Crippen molar-refractivity contribution in [1.29, 1.82) is 0 Å². The molecule has 8 aromatic heterocycles. The van der Waals surface area contributed by atoms with Crippen LogP contribution in [0.25, 0.3) is 41.8 Å². The van der Waals surface area contributed by atoms with E-state index in [0.29, 0.717) is 105 Å². The third-order valence-electron chi connectivity index (χ3n) is 28.1. The summed E-state index contributed by atoms with van der Waals surface area (Å²) in [4.78, 5) is 152. The predicted molar refractivity (Wildman–Crippen MR) is 561 cm³/mol. The van der Waals surface area contributed by atoms with E-state index in [-0.39, 0.29) is 117 Å². The monoisotopic (exact) mass is 2050 g/mol. The number of nitrogens with one attached hydrogen (secondary N) is 8. The average Bonchev–Trinajstić information content (AvgIpc) is 1.65. The van der Waals surface area contributed by atoms with Crippen molar-refractivity contribution in [1.82, 2.24) is 80.7 Å². The Morgan fingerprint density at radius 2 is 0.566 bits per heavy atom. The van der Waals surface area contributed by atoms with Gasteiger partial charge in [-0.2, -0.15) is 0 Å². The number of likely N-dealkylation sites (tertiary alicyclic amines) is 4. The van der Waals surface area contributed by atoms with Gasteiger partial charge in [0.15, 0.2) is 20.0 Å². The minimum Gasteiger partial charge on any atom is -0.389 e. The maximum atomic E-state index is 15.0. The lowest BCUT2D eigenvalue weighted by Gasteiger charge is -2.35. The number of aromatic nitrogens is 8. The lowest BCUT2D eigenvalue weighted by molar-refractivity contribution is 0.0628. The molecule has 4 aliphatic carbocycles. The lowest BCUT2D eigenvalue weighted by Crippen LogP contribution is -2.43. The Morgan fingerprint density at radius 1 is 0.343 bits per heavy atom. The molecule has 4 saturated carbocycles. The summed E-state index contributed by atoms with van der Waals surface area (Å²) >= 11 is 4.69. The van der Waals surface area contributed by atoms with Crippen molar-refractivity contribution < 1.29 is 67.6 Å². The van der Waals surface area contributed by atoms with Gasteiger partial charge in [-0.3, -0.25) is 38.4 Å². The third kappa shape index (κ3) is 29.0. The van der Waals surface area contributed by atoms with Crippen molar-refractivity contribution in [3.8, 4) is 41.8 Å². The van der Waals surface area contributed by atoms with Crippen LogP contribution in [0.1, 0.15) is 361 Å². The summed E-state index contributed by atoms with van der Waals surface area (Å²) in [5, 5.41) is 65.1. The highest BCUT2D eigenvalue weighted by molar-refractivity contribution is 7.18. The first kappa shape index (κ1) is 110. The molecular formula is C105H148F2N20O12S4. The average molecular weight is 2050 g/mol. The van der Waals surface area contributed by atoms with Gasteiger partial charge < -0.3 is 82.6 Å². The van der Waals surface area contributed by atoms with Gasteiger partial charge in [0, 0.05) is 136 Å². The molecule has 0 radical (unpaired) electrons. The van der Waals surface area contributed by atoms with Crippen LogP contribution in [0.2, 0.25) is 0 Å². The summed E-state index contributed by atoms with van der Waals surface area (Å²) in [5.74, 6) is 0.492. The van der Waals surface area contributed by atoms with Crippen LogP contribution < -0.4 is 42.5 Å². The number of thiazole rings is 4. The van der Waals surface area contributed by atoms with E-state index in [1.807, 2.05) is 82.5 Å². The van der Waals surface area contributed by atoms with Gasteiger partial charge in [-0.15, -0.1) is 45.3 Å². The van der Waals surface area contributed by atoms with Crippen molar-refractivity contribution >= 4 is 116 Å². The van der Waals surface area contributed by atoms with E-state index in [1.54, 1.807) is 104 Å². The second-order valence-electron chi connectivity index (χ2n) is 43.3. The number of anilines is 4. The Bertz CT molecular complexity index is 5660. The molecule has 12 N–H and O–H groups in total. The maximum Gasteiger partial charge on any atom is 0.280 e. The highest BCUT2D eigenvalue weighted by Crippen LogP contribution is 2.44. The number of amides is 8. The van der Waals surface area contributed by atoms with E-state index in [4.69, 9.17) is 0 Å². The fourth-order valence-electron chi connectivity index (χ4n) is 19.6. The molecule has 32 nitrogen and oxygen atoms in total. The Hall–Kier alpha value is -10.2. The van der Waals surface area contributed by atoms with Crippen molar-refractivity contribution in [3.63, 3.8) is 0 Å². The number of alkyl halides is 2. The fraction of sp³-hybridized carbons (Fsp3) is 0.619. The number of hydrogen-bond donors (Lipinski definition) is 12. The molecule has 2 unspecified atom stereocenters. The van der Waals surface area contributed by atoms with Crippen LogP contribution in [-0.4, -0.2) is 262 Å². The summed E-state index contributed by atoms with van der Waals surface area (Å²) < 4.78 is 30.0. The summed E-state index contributed by atoms with van der Waals surface area (Å²) in [7, 11) is 0. The smallest absolute Gasteiger partial charge is 0.280 e. The number of carbonyl (C=O) groups excluding carboxylic acids is 8. The first-order chi connectivity index (χ1) is 67.4. The first-order valence-corrected chi connectivity index (χ1v) is 54.3. The first-order valence-electron chi connectivity index (χ1n) is 51.1. The third-order valence-corrected chi connectivity index (χ3v) is 32.4. The van der Waals surface area contributed by atoms with E-state index in [1.165, 1.54) is 48.4 Å². The van der Waals surface area contributed by atoms with E-state index in [2.05, 4.69) is 89.3 Å². The van der Waals surface area contributed by atoms with Crippen LogP contribution in [0, 0.1) is 27.7 Å². The van der Waals surface area contributed by atoms with Gasteiger partial charge in [0.25, 0.3) is 47.3 Å².